The van der Waals surface area contributed by atoms with Crippen LogP contribution in [0.4, 0.5) is 0 Å². The zero-order valence-electron chi connectivity index (χ0n) is 13.3. The second-order valence-electron chi connectivity index (χ2n) is 5.30. The highest BCUT2D eigenvalue weighted by Gasteiger charge is 2.07. The molecule has 5 nitrogen and oxygen atoms in total. The van der Waals surface area contributed by atoms with Crippen molar-refractivity contribution in [2.75, 3.05) is 7.05 Å². The number of aryl methyl sites for hydroxylation is 1. The van der Waals surface area contributed by atoms with Crippen molar-refractivity contribution < 1.29 is 10.2 Å². The van der Waals surface area contributed by atoms with Crippen LogP contribution in [0.3, 0.4) is 0 Å². The van der Waals surface area contributed by atoms with Crippen molar-refractivity contribution >= 4 is 17.6 Å². The maximum Gasteiger partial charge on any atom is 0.205 e. The zero-order chi connectivity index (χ0) is 17.1. The Kier molecular flexibility index (Phi) is 4.48. The SMILES string of the molecule is CN=c1scc(-c2ccc(C)cc2)n1N=Cc1ccc(O)c(O)c1. The molecule has 0 saturated carbocycles. The molecular weight excluding hydrogens is 322 g/mol. The number of phenolic OH excluding ortho intramolecular Hbond substituents is 2. The molecule has 0 bridgehead atoms. The van der Waals surface area contributed by atoms with Gasteiger partial charge in [-0.1, -0.05) is 29.8 Å². The van der Waals surface area contributed by atoms with Gasteiger partial charge in [-0.25, -0.2) is 4.68 Å². The van der Waals surface area contributed by atoms with Crippen molar-refractivity contribution in [3.63, 3.8) is 0 Å². The Morgan fingerprint density at radius 3 is 2.46 bits per heavy atom. The lowest BCUT2D eigenvalue weighted by Crippen LogP contribution is -2.11. The number of thiazole rings is 1. The molecule has 122 valence electrons. The standard InChI is InChI=1S/C18H17N3O2S/c1-12-3-6-14(7-4-12)15-11-24-18(19-2)21(15)20-10-13-5-8-16(22)17(23)9-13/h3-11,22-23H,1-2H3. The van der Waals surface area contributed by atoms with Crippen LogP contribution >= 0.6 is 11.3 Å². The van der Waals surface area contributed by atoms with E-state index in [0.717, 1.165) is 16.1 Å². The molecule has 0 saturated heterocycles. The van der Waals surface area contributed by atoms with Gasteiger partial charge in [0.2, 0.25) is 4.80 Å². The molecule has 1 aromatic heterocycles. The number of phenols is 2. The maximum atomic E-state index is 9.58. The van der Waals surface area contributed by atoms with Crippen molar-refractivity contribution in [1.29, 1.82) is 0 Å². The fraction of sp³-hybridized carbons (Fsp3) is 0.111. The van der Waals surface area contributed by atoms with E-state index >= 15 is 0 Å². The summed E-state index contributed by atoms with van der Waals surface area (Å²) in [6, 6.07) is 12.8. The third kappa shape index (κ3) is 3.23. The normalized spacial score (nSPS) is 12.2. The molecule has 0 aliphatic carbocycles. The topological polar surface area (TPSA) is 70.1 Å². The minimum absolute atomic E-state index is 0.153. The van der Waals surface area contributed by atoms with E-state index < -0.39 is 0 Å². The van der Waals surface area contributed by atoms with Gasteiger partial charge in [-0.15, -0.1) is 11.3 Å². The summed E-state index contributed by atoms with van der Waals surface area (Å²) in [6.07, 6.45) is 1.62. The Bertz CT molecular complexity index is 953. The van der Waals surface area contributed by atoms with Gasteiger partial charge in [-0.05, 0) is 30.7 Å². The molecule has 2 N–H and O–H groups in total. The largest absolute Gasteiger partial charge is 0.504 e. The van der Waals surface area contributed by atoms with Crippen molar-refractivity contribution in [3.8, 4) is 22.8 Å². The molecule has 3 rings (SSSR count). The van der Waals surface area contributed by atoms with Crippen LogP contribution in [0.1, 0.15) is 11.1 Å². The number of nitrogens with zero attached hydrogens (tertiary/aromatic N) is 3. The summed E-state index contributed by atoms with van der Waals surface area (Å²) in [5, 5.41) is 25.5. The van der Waals surface area contributed by atoms with Crippen LogP contribution in [0.15, 0.2) is 57.9 Å². The van der Waals surface area contributed by atoms with Crippen molar-refractivity contribution in [3.05, 3.63) is 63.8 Å². The van der Waals surface area contributed by atoms with E-state index in [1.54, 1.807) is 24.0 Å². The fourth-order valence-electron chi connectivity index (χ4n) is 2.23. The van der Waals surface area contributed by atoms with Crippen LogP contribution in [0.25, 0.3) is 11.3 Å². The molecule has 0 unspecified atom stereocenters. The fourth-order valence-corrected chi connectivity index (χ4v) is 3.03. The Morgan fingerprint density at radius 2 is 1.79 bits per heavy atom. The number of hydrogen-bond acceptors (Lipinski definition) is 5. The quantitative estimate of drug-likeness (QED) is 0.567. The second-order valence-corrected chi connectivity index (χ2v) is 6.13. The van der Waals surface area contributed by atoms with Gasteiger partial charge in [0.05, 0.1) is 11.9 Å². The molecule has 24 heavy (non-hydrogen) atoms. The first-order valence-corrected chi connectivity index (χ1v) is 8.23. The van der Waals surface area contributed by atoms with Crippen LogP contribution in [-0.2, 0) is 0 Å². The molecule has 0 spiro atoms. The highest BCUT2D eigenvalue weighted by Crippen LogP contribution is 2.24. The van der Waals surface area contributed by atoms with Crippen LogP contribution in [0.5, 0.6) is 11.5 Å². The predicted octanol–water partition coefficient (Wildman–Crippen LogP) is 3.35. The average molecular weight is 339 g/mol. The Hall–Kier alpha value is -2.86. The highest BCUT2D eigenvalue weighted by molar-refractivity contribution is 7.07. The third-order valence-electron chi connectivity index (χ3n) is 3.55. The first kappa shape index (κ1) is 16.0. The monoisotopic (exact) mass is 339 g/mol. The first-order valence-electron chi connectivity index (χ1n) is 7.35. The number of rotatable bonds is 3. The first-order chi connectivity index (χ1) is 11.6. The van der Waals surface area contributed by atoms with Crippen molar-refractivity contribution in [1.82, 2.24) is 4.68 Å². The Labute approximate surface area is 143 Å². The van der Waals surface area contributed by atoms with Gasteiger partial charge in [0.1, 0.15) is 0 Å². The minimum Gasteiger partial charge on any atom is -0.504 e. The van der Waals surface area contributed by atoms with Crippen LogP contribution in [0.2, 0.25) is 0 Å². The summed E-state index contributed by atoms with van der Waals surface area (Å²) in [5.41, 5.74) is 3.88. The molecule has 0 atom stereocenters. The highest BCUT2D eigenvalue weighted by atomic mass is 32.1. The molecule has 0 aliphatic rings. The predicted molar refractivity (Wildman–Crippen MR) is 96.7 cm³/mol. The van der Waals surface area contributed by atoms with E-state index in [0.29, 0.717) is 5.56 Å². The molecule has 0 radical (unpaired) electrons. The van der Waals surface area contributed by atoms with Crippen molar-refractivity contribution in [2.45, 2.75) is 6.92 Å². The zero-order valence-corrected chi connectivity index (χ0v) is 14.2. The molecule has 0 aliphatic heterocycles. The lowest BCUT2D eigenvalue weighted by Gasteiger charge is -2.04. The summed E-state index contributed by atoms with van der Waals surface area (Å²) < 4.78 is 1.76. The number of benzene rings is 2. The second kappa shape index (κ2) is 6.72. The van der Waals surface area contributed by atoms with Gasteiger partial charge in [0.15, 0.2) is 11.5 Å². The number of aromatic hydroxyl groups is 2. The Morgan fingerprint density at radius 1 is 1.04 bits per heavy atom. The van der Waals surface area contributed by atoms with E-state index in [2.05, 4.69) is 34.4 Å². The van der Waals surface area contributed by atoms with Gasteiger partial charge in [-0.2, -0.15) is 5.10 Å². The average Bonchev–Trinajstić information content (AvgIpc) is 2.99. The maximum absolute atomic E-state index is 9.58. The molecular formula is C18H17N3O2S. The van der Waals surface area contributed by atoms with E-state index in [9.17, 15) is 10.2 Å². The van der Waals surface area contributed by atoms with E-state index in [1.807, 2.05) is 12.3 Å². The van der Waals surface area contributed by atoms with E-state index in [1.165, 1.54) is 29.0 Å². The molecule has 0 amide bonds. The molecule has 3 aromatic rings. The van der Waals surface area contributed by atoms with Crippen molar-refractivity contribution in [2.24, 2.45) is 10.1 Å². The molecule has 6 heteroatoms. The smallest absolute Gasteiger partial charge is 0.205 e. The molecule has 1 heterocycles. The van der Waals surface area contributed by atoms with Gasteiger partial charge < -0.3 is 10.2 Å². The van der Waals surface area contributed by atoms with Crippen LogP contribution < -0.4 is 4.80 Å². The van der Waals surface area contributed by atoms with Gasteiger partial charge >= 0.3 is 0 Å². The summed E-state index contributed by atoms with van der Waals surface area (Å²) in [4.78, 5) is 5.02. The number of hydrogen-bond donors (Lipinski definition) is 2. The van der Waals surface area contributed by atoms with Crippen LogP contribution in [0, 0.1) is 6.92 Å². The van der Waals surface area contributed by atoms with E-state index in [-0.39, 0.29) is 11.5 Å². The molecule has 2 aromatic carbocycles. The lowest BCUT2D eigenvalue weighted by molar-refractivity contribution is 0.403. The van der Waals surface area contributed by atoms with Gasteiger partial charge in [-0.3, -0.25) is 4.99 Å². The summed E-state index contributed by atoms with van der Waals surface area (Å²) >= 11 is 1.51. The van der Waals surface area contributed by atoms with Crippen LogP contribution in [-0.4, -0.2) is 28.2 Å². The summed E-state index contributed by atoms with van der Waals surface area (Å²) in [7, 11) is 1.73. The third-order valence-corrected chi connectivity index (χ3v) is 4.45. The Balaban J connectivity index is 2.03. The molecule has 0 fully saturated rings. The minimum atomic E-state index is -0.173. The summed E-state index contributed by atoms with van der Waals surface area (Å²) in [6.45, 7) is 2.05. The lowest BCUT2D eigenvalue weighted by atomic mass is 10.1. The van der Waals surface area contributed by atoms with E-state index in [4.69, 9.17) is 0 Å². The summed E-state index contributed by atoms with van der Waals surface area (Å²) in [5.74, 6) is -0.326. The van der Waals surface area contributed by atoms with Gasteiger partial charge in [0.25, 0.3) is 0 Å². The van der Waals surface area contributed by atoms with Gasteiger partial charge in [0, 0.05) is 18.0 Å². The number of aromatic nitrogens is 1.